The zero-order valence-electron chi connectivity index (χ0n) is 15.4. The number of amides is 2. The van der Waals surface area contributed by atoms with E-state index in [9.17, 15) is 9.59 Å². The highest BCUT2D eigenvalue weighted by Crippen LogP contribution is 2.26. The van der Waals surface area contributed by atoms with Crippen molar-refractivity contribution in [3.05, 3.63) is 69.5 Å². The maximum Gasteiger partial charge on any atom is 0.258 e. The third-order valence-electron chi connectivity index (χ3n) is 4.11. The second-order valence-electron chi connectivity index (χ2n) is 6.26. The summed E-state index contributed by atoms with van der Waals surface area (Å²) in [5.74, 6) is -0.190. The summed E-state index contributed by atoms with van der Waals surface area (Å²) >= 11 is 4.79. The molecule has 0 saturated carbocycles. The van der Waals surface area contributed by atoms with Crippen molar-refractivity contribution in [1.82, 2.24) is 10.3 Å². The molecule has 0 radical (unpaired) electrons. The SMILES string of the molecule is CC(=O)NCCCc1ccc(-c2csc(NC(=O)c3ccccc3Br)n2)cc1. The van der Waals surface area contributed by atoms with Crippen LogP contribution in [0.4, 0.5) is 5.13 Å². The van der Waals surface area contributed by atoms with Gasteiger partial charge in [0.05, 0.1) is 11.3 Å². The van der Waals surface area contributed by atoms with E-state index in [1.165, 1.54) is 23.8 Å². The van der Waals surface area contributed by atoms with Crippen LogP contribution in [0, 0.1) is 0 Å². The van der Waals surface area contributed by atoms with E-state index in [2.05, 4.69) is 43.7 Å². The molecule has 2 amide bonds. The lowest BCUT2D eigenvalue weighted by Crippen LogP contribution is -2.21. The number of benzene rings is 2. The average molecular weight is 458 g/mol. The Labute approximate surface area is 176 Å². The first-order valence-corrected chi connectivity index (χ1v) is 10.6. The molecule has 0 aliphatic rings. The van der Waals surface area contributed by atoms with Crippen molar-refractivity contribution >= 4 is 44.2 Å². The maximum atomic E-state index is 12.4. The molecule has 1 aromatic heterocycles. The fraction of sp³-hybridized carbons (Fsp3) is 0.190. The van der Waals surface area contributed by atoms with Gasteiger partial charge < -0.3 is 5.32 Å². The number of aryl methyl sites for hydroxylation is 1. The molecule has 144 valence electrons. The summed E-state index contributed by atoms with van der Waals surface area (Å²) in [6.07, 6.45) is 1.81. The second kappa shape index (κ2) is 9.61. The van der Waals surface area contributed by atoms with Crippen LogP contribution < -0.4 is 10.6 Å². The van der Waals surface area contributed by atoms with Gasteiger partial charge in [-0.15, -0.1) is 11.3 Å². The van der Waals surface area contributed by atoms with E-state index in [4.69, 9.17) is 0 Å². The number of thiazole rings is 1. The van der Waals surface area contributed by atoms with Crippen molar-refractivity contribution in [1.29, 1.82) is 0 Å². The van der Waals surface area contributed by atoms with Gasteiger partial charge in [-0.2, -0.15) is 0 Å². The highest BCUT2D eigenvalue weighted by molar-refractivity contribution is 9.10. The number of rotatable bonds is 7. The van der Waals surface area contributed by atoms with Gasteiger partial charge in [0.2, 0.25) is 5.91 Å². The Morgan fingerprint density at radius 1 is 1.11 bits per heavy atom. The lowest BCUT2D eigenvalue weighted by Gasteiger charge is -2.04. The van der Waals surface area contributed by atoms with E-state index in [0.29, 0.717) is 17.2 Å². The minimum Gasteiger partial charge on any atom is -0.356 e. The Hall–Kier alpha value is -2.51. The Kier molecular flexibility index (Phi) is 6.95. The number of nitrogens with one attached hydrogen (secondary N) is 2. The first-order chi connectivity index (χ1) is 13.5. The maximum absolute atomic E-state index is 12.4. The van der Waals surface area contributed by atoms with Gasteiger partial charge in [-0.05, 0) is 46.5 Å². The number of hydrogen-bond donors (Lipinski definition) is 2. The molecule has 0 atom stereocenters. The predicted octanol–water partition coefficient (Wildman–Crippen LogP) is 4.89. The topological polar surface area (TPSA) is 71.1 Å². The molecule has 0 fully saturated rings. The summed E-state index contributed by atoms with van der Waals surface area (Å²) < 4.78 is 0.748. The van der Waals surface area contributed by atoms with Crippen LogP contribution in [-0.4, -0.2) is 23.3 Å². The molecule has 3 aromatic rings. The number of carbonyl (C=O) groups is 2. The number of anilines is 1. The van der Waals surface area contributed by atoms with E-state index in [-0.39, 0.29) is 11.8 Å². The molecular formula is C21H20BrN3O2S. The van der Waals surface area contributed by atoms with E-state index in [0.717, 1.165) is 28.6 Å². The van der Waals surface area contributed by atoms with Crippen LogP contribution in [0.5, 0.6) is 0 Å². The number of nitrogens with zero attached hydrogens (tertiary/aromatic N) is 1. The van der Waals surface area contributed by atoms with Gasteiger partial charge in [-0.25, -0.2) is 4.98 Å². The van der Waals surface area contributed by atoms with Gasteiger partial charge in [0.25, 0.3) is 5.91 Å². The van der Waals surface area contributed by atoms with Gasteiger partial charge in [-0.3, -0.25) is 14.9 Å². The Morgan fingerprint density at radius 3 is 2.57 bits per heavy atom. The summed E-state index contributed by atoms with van der Waals surface area (Å²) in [5.41, 5.74) is 3.62. The lowest BCUT2D eigenvalue weighted by molar-refractivity contribution is -0.118. The van der Waals surface area contributed by atoms with Gasteiger partial charge in [-0.1, -0.05) is 36.4 Å². The largest absolute Gasteiger partial charge is 0.356 e. The van der Waals surface area contributed by atoms with Crippen LogP contribution in [0.1, 0.15) is 29.3 Å². The van der Waals surface area contributed by atoms with Crippen molar-refractivity contribution < 1.29 is 9.59 Å². The van der Waals surface area contributed by atoms with Crippen molar-refractivity contribution in [3.8, 4) is 11.3 Å². The molecule has 2 N–H and O–H groups in total. The fourth-order valence-electron chi connectivity index (χ4n) is 2.67. The summed E-state index contributed by atoms with van der Waals surface area (Å²) in [6.45, 7) is 2.21. The van der Waals surface area contributed by atoms with Crippen molar-refractivity contribution in [2.75, 3.05) is 11.9 Å². The minimum atomic E-state index is -0.192. The quantitative estimate of drug-likeness (QED) is 0.495. The van der Waals surface area contributed by atoms with E-state index < -0.39 is 0 Å². The van der Waals surface area contributed by atoms with Crippen molar-refractivity contribution in [3.63, 3.8) is 0 Å². The van der Waals surface area contributed by atoms with Gasteiger partial charge >= 0.3 is 0 Å². The summed E-state index contributed by atoms with van der Waals surface area (Å²) in [6, 6.07) is 15.5. The highest BCUT2D eigenvalue weighted by atomic mass is 79.9. The molecule has 28 heavy (non-hydrogen) atoms. The van der Waals surface area contributed by atoms with Crippen LogP contribution >= 0.6 is 27.3 Å². The monoisotopic (exact) mass is 457 g/mol. The zero-order valence-corrected chi connectivity index (χ0v) is 17.8. The molecule has 2 aromatic carbocycles. The van der Waals surface area contributed by atoms with E-state index in [1.54, 1.807) is 6.07 Å². The molecular weight excluding hydrogens is 438 g/mol. The number of carbonyl (C=O) groups excluding carboxylic acids is 2. The Balaban J connectivity index is 1.60. The molecule has 0 spiro atoms. The highest BCUT2D eigenvalue weighted by Gasteiger charge is 2.12. The number of halogens is 1. The molecule has 0 unspecified atom stereocenters. The lowest BCUT2D eigenvalue weighted by atomic mass is 10.1. The molecule has 0 aliphatic heterocycles. The second-order valence-corrected chi connectivity index (χ2v) is 7.97. The van der Waals surface area contributed by atoms with Crippen LogP contribution in [-0.2, 0) is 11.2 Å². The van der Waals surface area contributed by atoms with Gasteiger partial charge in [0.1, 0.15) is 0 Å². The minimum absolute atomic E-state index is 0.00129. The zero-order chi connectivity index (χ0) is 19.9. The third-order valence-corrected chi connectivity index (χ3v) is 5.56. The van der Waals surface area contributed by atoms with Crippen LogP contribution in [0.3, 0.4) is 0 Å². The molecule has 0 saturated heterocycles. The average Bonchev–Trinajstić information content (AvgIpc) is 3.14. The Bertz CT molecular complexity index is 970. The van der Waals surface area contributed by atoms with E-state index in [1.807, 2.05) is 35.7 Å². The summed E-state index contributed by atoms with van der Waals surface area (Å²) in [4.78, 5) is 27.8. The number of aromatic nitrogens is 1. The predicted molar refractivity (Wildman–Crippen MR) is 117 cm³/mol. The summed E-state index contributed by atoms with van der Waals surface area (Å²) in [7, 11) is 0. The van der Waals surface area contributed by atoms with Crippen LogP contribution in [0.2, 0.25) is 0 Å². The molecule has 0 bridgehead atoms. The molecule has 0 aliphatic carbocycles. The normalized spacial score (nSPS) is 10.5. The third kappa shape index (κ3) is 5.50. The van der Waals surface area contributed by atoms with Gasteiger partial charge in [0.15, 0.2) is 5.13 Å². The molecule has 5 nitrogen and oxygen atoms in total. The van der Waals surface area contributed by atoms with Gasteiger partial charge in [0, 0.05) is 28.9 Å². The first kappa shape index (κ1) is 20.2. The summed E-state index contributed by atoms with van der Waals surface area (Å²) in [5, 5.41) is 8.15. The van der Waals surface area contributed by atoms with Crippen LogP contribution in [0.25, 0.3) is 11.3 Å². The Morgan fingerprint density at radius 2 is 1.86 bits per heavy atom. The molecule has 3 rings (SSSR count). The fourth-order valence-corrected chi connectivity index (χ4v) is 3.85. The van der Waals surface area contributed by atoms with Crippen molar-refractivity contribution in [2.24, 2.45) is 0 Å². The van der Waals surface area contributed by atoms with Crippen molar-refractivity contribution in [2.45, 2.75) is 19.8 Å². The molecule has 7 heteroatoms. The smallest absolute Gasteiger partial charge is 0.258 e. The number of hydrogen-bond acceptors (Lipinski definition) is 4. The molecule has 1 heterocycles. The van der Waals surface area contributed by atoms with E-state index >= 15 is 0 Å². The standard InChI is InChI=1S/C21H20BrN3O2S/c1-14(26)23-12-4-5-15-8-10-16(11-9-15)19-13-28-21(24-19)25-20(27)17-6-2-3-7-18(17)22/h2-3,6-11,13H,4-5,12H2,1H3,(H,23,26)(H,24,25,27). The first-order valence-electron chi connectivity index (χ1n) is 8.88. The van der Waals surface area contributed by atoms with Crippen LogP contribution in [0.15, 0.2) is 58.4 Å².